The number of oxazole rings is 1. The van der Waals surface area contributed by atoms with Crippen molar-refractivity contribution in [2.45, 2.75) is 20.0 Å². The van der Waals surface area contributed by atoms with Crippen LogP contribution in [0.5, 0.6) is 11.5 Å². The lowest BCUT2D eigenvalue weighted by atomic mass is 9.97. The van der Waals surface area contributed by atoms with Gasteiger partial charge in [0.2, 0.25) is 5.89 Å². The first-order valence-corrected chi connectivity index (χ1v) is 8.73. The van der Waals surface area contributed by atoms with Gasteiger partial charge in [-0.1, -0.05) is 24.3 Å². The molecule has 0 fully saturated rings. The molecule has 0 bridgehead atoms. The number of benzene rings is 2. The number of fused-ring (bicyclic) bond motifs is 1. The third kappa shape index (κ3) is 3.65. The molecule has 6 heteroatoms. The van der Waals surface area contributed by atoms with E-state index >= 15 is 0 Å². The van der Waals surface area contributed by atoms with Crippen LogP contribution in [0.3, 0.4) is 0 Å². The highest BCUT2D eigenvalue weighted by Crippen LogP contribution is 2.32. The van der Waals surface area contributed by atoms with Crippen LogP contribution in [0.1, 0.15) is 17.0 Å². The van der Waals surface area contributed by atoms with Crippen molar-refractivity contribution < 1.29 is 23.8 Å². The molecule has 0 aliphatic carbocycles. The van der Waals surface area contributed by atoms with Gasteiger partial charge in [0.25, 0.3) is 0 Å². The first kappa shape index (κ1) is 17.1. The molecule has 138 valence electrons. The monoisotopic (exact) mass is 365 g/mol. The smallest absolute Gasteiger partial charge is 0.310 e. The summed E-state index contributed by atoms with van der Waals surface area (Å²) in [6.07, 6.45) is 0.466. The molecule has 1 atom stereocenters. The number of rotatable bonds is 5. The molecule has 0 saturated heterocycles. The van der Waals surface area contributed by atoms with Crippen LogP contribution in [0, 0.1) is 12.8 Å². The van der Waals surface area contributed by atoms with Crippen molar-refractivity contribution in [1.82, 2.24) is 4.98 Å². The summed E-state index contributed by atoms with van der Waals surface area (Å²) < 4.78 is 17.2. The highest BCUT2D eigenvalue weighted by atomic mass is 16.5. The van der Waals surface area contributed by atoms with Gasteiger partial charge in [0.1, 0.15) is 36.2 Å². The van der Waals surface area contributed by atoms with Crippen molar-refractivity contribution in [2.24, 2.45) is 5.92 Å². The molecule has 1 aromatic heterocycles. The number of aliphatic carboxylic acids is 1. The van der Waals surface area contributed by atoms with E-state index in [4.69, 9.17) is 19.0 Å². The Kier molecular flexibility index (Phi) is 4.54. The number of carboxylic acid groups (broad SMARTS) is 1. The number of hydrogen-bond donors (Lipinski definition) is 1. The van der Waals surface area contributed by atoms with Crippen LogP contribution in [-0.2, 0) is 17.8 Å². The summed E-state index contributed by atoms with van der Waals surface area (Å²) in [4.78, 5) is 15.6. The average Bonchev–Trinajstić information content (AvgIpc) is 3.07. The van der Waals surface area contributed by atoms with Crippen LogP contribution < -0.4 is 9.47 Å². The maximum absolute atomic E-state index is 11.1. The van der Waals surface area contributed by atoms with Gasteiger partial charge in [-0.05, 0) is 37.1 Å². The molecule has 2 aromatic carbocycles. The zero-order valence-corrected chi connectivity index (χ0v) is 14.8. The Balaban J connectivity index is 1.45. The summed E-state index contributed by atoms with van der Waals surface area (Å²) in [6, 6.07) is 15.2. The first-order chi connectivity index (χ1) is 13.1. The molecule has 27 heavy (non-hydrogen) atoms. The summed E-state index contributed by atoms with van der Waals surface area (Å²) in [5.41, 5.74) is 2.53. The van der Waals surface area contributed by atoms with Crippen LogP contribution in [0.4, 0.5) is 0 Å². The fourth-order valence-corrected chi connectivity index (χ4v) is 3.02. The van der Waals surface area contributed by atoms with Crippen molar-refractivity contribution in [1.29, 1.82) is 0 Å². The van der Waals surface area contributed by atoms with Crippen LogP contribution in [0.15, 0.2) is 52.9 Å². The van der Waals surface area contributed by atoms with E-state index in [-0.39, 0.29) is 13.2 Å². The Hall–Kier alpha value is -3.28. The molecule has 1 aliphatic rings. The number of carboxylic acids is 1. The van der Waals surface area contributed by atoms with Gasteiger partial charge in [-0.15, -0.1) is 0 Å². The van der Waals surface area contributed by atoms with E-state index in [0.29, 0.717) is 29.6 Å². The van der Waals surface area contributed by atoms with Crippen LogP contribution in [0.25, 0.3) is 11.5 Å². The van der Waals surface area contributed by atoms with E-state index in [1.807, 2.05) is 49.4 Å². The van der Waals surface area contributed by atoms with E-state index in [2.05, 4.69) is 4.98 Å². The van der Waals surface area contributed by atoms with Crippen LogP contribution in [-0.4, -0.2) is 22.7 Å². The molecule has 4 rings (SSSR count). The molecule has 0 radical (unpaired) electrons. The maximum atomic E-state index is 11.1. The second kappa shape index (κ2) is 7.15. The number of aromatic nitrogens is 1. The van der Waals surface area contributed by atoms with E-state index in [0.717, 1.165) is 16.8 Å². The number of hydrogen-bond acceptors (Lipinski definition) is 5. The van der Waals surface area contributed by atoms with Crippen LogP contribution in [0.2, 0.25) is 0 Å². The van der Waals surface area contributed by atoms with Gasteiger partial charge in [-0.25, -0.2) is 4.98 Å². The van der Waals surface area contributed by atoms with Crippen molar-refractivity contribution >= 4 is 5.97 Å². The second-order valence-corrected chi connectivity index (χ2v) is 6.50. The quantitative estimate of drug-likeness (QED) is 0.739. The summed E-state index contributed by atoms with van der Waals surface area (Å²) in [7, 11) is 0. The minimum atomic E-state index is -0.836. The van der Waals surface area contributed by atoms with E-state index in [1.54, 1.807) is 6.07 Å². The minimum absolute atomic E-state index is 0.175. The van der Waals surface area contributed by atoms with E-state index in [1.165, 1.54) is 0 Å². The Morgan fingerprint density at radius 2 is 2.07 bits per heavy atom. The highest BCUT2D eigenvalue weighted by molar-refractivity contribution is 5.71. The standard InChI is InChI=1S/C21H19NO5/c1-13-18(22-20(27-13)14-5-3-2-4-6-14)12-25-17-8-7-15-9-16(21(23)24)11-26-19(15)10-17/h2-8,10,16H,9,11-12H2,1H3,(H,23,24). The predicted octanol–water partition coefficient (Wildman–Crippen LogP) is 3.86. The van der Waals surface area contributed by atoms with Crippen molar-refractivity contribution in [3.63, 3.8) is 0 Å². The Morgan fingerprint density at radius 1 is 1.26 bits per heavy atom. The average molecular weight is 365 g/mol. The second-order valence-electron chi connectivity index (χ2n) is 6.50. The fraction of sp³-hybridized carbons (Fsp3) is 0.238. The molecule has 3 aromatic rings. The van der Waals surface area contributed by atoms with Gasteiger partial charge in [0.15, 0.2) is 0 Å². The molecule has 6 nitrogen and oxygen atoms in total. The maximum Gasteiger partial charge on any atom is 0.310 e. The Labute approximate surface area is 156 Å². The number of carbonyl (C=O) groups is 1. The van der Waals surface area contributed by atoms with E-state index in [9.17, 15) is 4.79 Å². The zero-order valence-electron chi connectivity index (χ0n) is 14.8. The lowest BCUT2D eigenvalue weighted by molar-refractivity contribution is -0.143. The number of nitrogens with zero attached hydrogens (tertiary/aromatic N) is 1. The van der Waals surface area contributed by atoms with Gasteiger partial charge >= 0.3 is 5.97 Å². The van der Waals surface area contributed by atoms with Crippen LogP contribution >= 0.6 is 0 Å². The molecular weight excluding hydrogens is 346 g/mol. The molecule has 0 saturated carbocycles. The van der Waals surface area contributed by atoms with Gasteiger partial charge < -0.3 is 19.0 Å². The largest absolute Gasteiger partial charge is 0.492 e. The van der Waals surface area contributed by atoms with Crippen molar-refractivity contribution in [2.75, 3.05) is 6.61 Å². The highest BCUT2D eigenvalue weighted by Gasteiger charge is 2.25. The third-order valence-electron chi connectivity index (χ3n) is 4.58. The van der Waals surface area contributed by atoms with Gasteiger partial charge in [0, 0.05) is 11.6 Å². The first-order valence-electron chi connectivity index (χ1n) is 8.73. The molecule has 2 heterocycles. The molecule has 0 spiro atoms. The summed E-state index contributed by atoms with van der Waals surface area (Å²) in [5.74, 6) is 1.26. The molecule has 0 amide bonds. The van der Waals surface area contributed by atoms with E-state index < -0.39 is 11.9 Å². The third-order valence-corrected chi connectivity index (χ3v) is 4.58. The summed E-state index contributed by atoms with van der Waals surface area (Å²) >= 11 is 0. The molecule has 1 unspecified atom stereocenters. The van der Waals surface area contributed by atoms with Gasteiger partial charge in [0.05, 0.1) is 5.92 Å². The van der Waals surface area contributed by atoms with Gasteiger partial charge in [-0.2, -0.15) is 0 Å². The lowest BCUT2D eigenvalue weighted by Crippen LogP contribution is -2.27. The SMILES string of the molecule is Cc1oc(-c2ccccc2)nc1COc1ccc2c(c1)OCC(C(=O)O)C2. The molecule has 1 N–H and O–H groups in total. The Bertz CT molecular complexity index is 964. The van der Waals surface area contributed by atoms with Crippen molar-refractivity contribution in [3.05, 3.63) is 65.5 Å². The minimum Gasteiger partial charge on any atom is -0.492 e. The zero-order chi connectivity index (χ0) is 18.8. The lowest BCUT2D eigenvalue weighted by Gasteiger charge is -2.22. The number of aryl methyl sites for hydroxylation is 1. The topological polar surface area (TPSA) is 81.8 Å². The summed E-state index contributed by atoms with van der Waals surface area (Å²) in [6.45, 7) is 2.31. The molecule has 1 aliphatic heterocycles. The normalized spacial score (nSPS) is 15.7. The van der Waals surface area contributed by atoms with Gasteiger partial charge in [-0.3, -0.25) is 4.79 Å². The van der Waals surface area contributed by atoms with Crippen molar-refractivity contribution in [3.8, 4) is 23.0 Å². The Morgan fingerprint density at radius 3 is 2.85 bits per heavy atom. The fourth-order valence-electron chi connectivity index (χ4n) is 3.02. The molecular formula is C21H19NO5. The summed E-state index contributed by atoms with van der Waals surface area (Å²) in [5, 5.41) is 9.12. The predicted molar refractivity (Wildman–Crippen MR) is 97.8 cm³/mol. The number of ether oxygens (including phenoxy) is 2.